The number of nitrogens with one attached hydrogen (secondary N) is 2. The molecule has 0 bridgehead atoms. The molecule has 70 valence electrons. The minimum absolute atomic E-state index is 0.0330. The van der Waals surface area contributed by atoms with Crippen molar-refractivity contribution in [2.45, 2.75) is 13.0 Å². The number of hydrogen-bond donors (Lipinski definition) is 3. The second kappa shape index (κ2) is 6.56. The van der Waals surface area contributed by atoms with Gasteiger partial charge in [-0.15, -0.1) is 12.6 Å². The number of amides is 1. The minimum Gasteiger partial charge on any atom is -0.369 e. The summed E-state index contributed by atoms with van der Waals surface area (Å²) < 4.78 is 0.445. The highest BCUT2D eigenvalue weighted by Crippen LogP contribution is 1.94. The van der Waals surface area contributed by atoms with Crippen molar-refractivity contribution in [3.8, 4) is 0 Å². The van der Waals surface area contributed by atoms with E-state index in [1.165, 1.54) is 0 Å². The van der Waals surface area contributed by atoms with Crippen LogP contribution in [0.2, 0.25) is 0 Å². The highest BCUT2D eigenvalue weighted by Gasteiger charge is 2.04. The number of thiocarbonyl (C=S) groups is 1. The zero-order valence-electron chi connectivity index (χ0n) is 6.96. The van der Waals surface area contributed by atoms with Crippen LogP contribution in [0.25, 0.3) is 0 Å². The van der Waals surface area contributed by atoms with Gasteiger partial charge in [-0.3, -0.25) is 4.79 Å². The molecule has 0 aliphatic carbocycles. The predicted molar refractivity (Wildman–Crippen MR) is 61.1 cm³/mol. The Bertz CT molecular complexity index is 174. The van der Waals surface area contributed by atoms with E-state index < -0.39 is 0 Å². The minimum atomic E-state index is -0.0330. The molecule has 0 saturated carbocycles. The Morgan fingerprint density at radius 3 is 2.75 bits per heavy atom. The summed E-state index contributed by atoms with van der Waals surface area (Å²) in [5.74, 6) is 0. The van der Waals surface area contributed by atoms with Crippen molar-refractivity contribution in [1.82, 2.24) is 10.6 Å². The van der Waals surface area contributed by atoms with Gasteiger partial charge in [-0.2, -0.15) is 0 Å². The molecule has 2 N–H and O–H groups in total. The fourth-order valence-corrected chi connectivity index (χ4v) is 1.05. The number of thiol groups is 1. The second-order valence-corrected chi connectivity index (χ2v) is 4.16. The van der Waals surface area contributed by atoms with Crippen LogP contribution in [0.4, 0.5) is 4.79 Å². The van der Waals surface area contributed by atoms with Gasteiger partial charge in [0.2, 0.25) is 0 Å². The molecule has 0 rings (SSSR count). The molecular formula is C6H12N2OS3. The third-order valence-corrected chi connectivity index (χ3v) is 1.90. The summed E-state index contributed by atoms with van der Waals surface area (Å²) >= 11 is 9.74. The number of carbonyl (C=O) groups is 1. The fraction of sp³-hybridized carbons (Fsp3) is 0.667. The van der Waals surface area contributed by atoms with Crippen molar-refractivity contribution in [3.05, 3.63) is 0 Å². The Hall–Kier alpha value is 0.0600. The lowest BCUT2D eigenvalue weighted by molar-refractivity contribution is 0.258. The van der Waals surface area contributed by atoms with Gasteiger partial charge < -0.3 is 10.6 Å². The summed E-state index contributed by atoms with van der Waals surface area (Å²) in [7, 11) is 0. The maximum atomic E-state index is 10.8. The van der Waals surface area contributed by atoms with Crippen LogP contribution in [-0.4, -0.2) is 28.4 Å². The molecule has 0 heterocycles. The predicted octanol–water partition coefficient (Wildman–Crippen LogP) is 1.25. The van der Waals surface area contributed by atoms with Crippen LogP contribution in [0.3, 0.4) is 0 Å². The van der Waals surface area contributed by atoms with Gasteiger partial charge in [-0.05, 0) is 13.2 Å². The molecule has 1 amide bonds. The topological polar surface area (TPSA) is 41.1 Å². The molecule has 0 aromatic rings. The van der Waals surface area contributed by atoms with Gasteiger partial charge in [0, 0.05) is 12.6 Å². The van der Waals surface area contributed by atoms with Gasteiger partial charge in [0.05, 0.1) is 0 Å². The molecule has 0 radical (unpaired) electrons. The van der Waals surface area contributed by atoms with Crippen LogP contribution >= 0.6 is 36.6 Å². The van der Waals surface area contributed by atoms with E-state index in [9.17, 15) is 4.79 Å². The third kappa shape index (κ3) is 6.75. The van der Waals surface area contributed by atoms with Crippen molar-refractivity contribution in [1.29, 1.82) is 0 Å². The van der Waals surface area contributed by atoms with Crippen LogP contribution in [-0.2, 0) is 0 Å². The summed E-state index contributed by atoms with van der Waals surface area (Å²) in [6, 6.07) is 0.0649. The largest absolute Gasteiger partial charge is 0.369 e. The lowest BCUT2D eigenvalue weighted by Gasteiger charge is -2.13. The smallest absolute Gasteiger partial charge is 0.279 e. The monoisotopic (exact) mass is 224 g/mol. The molecule has 0 aromatic carbocycles. The molecular weight excluding hydrogens is 212 g/mol. The van der Waals surface area contributed by atoms with E-state index >= 15 is 0 Å². The molecule has 0 aliphatic heterocycles. The van der Waals surface area contributed by atoms with Crippen molar-refractivity contribution in [2.75, 3.05) is 12.8 Å². The Balaban J connectivity index is 3.52. The maximum absolute atomic E-state index is 10.8. The fourth-order valence-electron chi connectivity index (χ4n) is 0.552. The summed E-state index contributed by atoms with van der Waals surface area (Å²) in [5, 5.41) is 5.57. The van der Waals surface area contributed by atoms with Gasteiger partial charge in [0.1, 0.15) is 4.32 Å². The van der Waals surface area contributed by atoms with Crippen molar-refractivity contribution >= 4 is 46.2 Å². The molecule has 0 fully saturated rings. The van der Waals surface area contributed by atoms with E-state index in [4.69, 9.17) is 12.2 Å². The first kappa shape index (κ1) is 12.1. The SMILES string of the molecule is CSC(=O)NC(C)CNC(=S)S. The highest BCUT2D eigenvalue weighted by molar-refractivity contribution is 8.13. The van der Waals surface area contributed by atoms with Gasteiger partial charge in [-0.1, -0.05) is 24.0 Å². The standard InChI is InChI=1S/C6H12N2OS3/c1-4(3-7-6(10)11)8-5(9)12-2/h4H,3H2,1-2H3,(H,8,9)(H2,7,10,11). The van der Waals surface area contributed by atoms with Crippen LogP contribution in [0.15, 0.2) is 0 Å². The lowest BCUT2D eigenvalue weighted by Crippen LogP contribution is -2.38. The first-order valence-corrected chi connectivity index (χ1v) is 5.45. The Kier molecular flexibility index (Phi) is 6.60. The quantitative estimate of drug-likeness (QED) is 0.498. The molecule has 1 unspecified atom stereocenters. The molecule has 1 atom stereocenters. The van der Waals surface area contributed by atoms with E-state index in [-0.39, 0.29) is 11.3 Å². The summed E-state index contributed by atoms with van der Waals surface area (Å²) in [4.78, 5) is 10.8. The van der Waals surface area contributed by atoms with E-state index in [0.29, 0.717) is 10.9 Å². The number of carbonyl (C=O) groups excluding carboxylic acids is 1. The van der Waals surface area contributed by atoms with E-state index in [1.807, 2.05) is 6.92 Å². The lowest BCUT2D eigenvalue weighted by atomic mass is 10.3. The normalized spacial score (nSPS) is 11.9. The van der Waals surface area contributed by atoms with Crippen LogP contribution in [0.1, 0.15) is 6.92 Å². The van der Waals surface area contributed by atoms with Gasteiger partial charge in [-0.25, -0.2) is 0 Å². The molecule has 6 heteroatoms. The van der Waals surface area contributed by atoms with Crippen molar-refractivity contribution < 1.29 is 4.79 Å². The maximum Gasteiger partial charge on any atom is 0.279 e. The molecule has 3 nitrogen and oxygen atoms in total. The van der Waals surface area contributed by atoms with Crippen LogP contribution in [0, 0.1) is 0 Å². The van der Waals surface area contributed by atoms with Gasteiger partial charge >= 0.3 is 0 Å². The highest BCUT2D eigenvalue weighted by atomic mass is 32.2. The molecule has 0 aromatic heterocycles. The number of rotatable bonds is 3. The molecule has 12 heavy (non-hydrogen) atoms. The van der Waals surface area contributed by atoms with Crippen molar-refractivity contribution in [3.63, 3.8) is 0 Å². The van der Waals surface area contributed by atoms with Crippen LogP contribution < -0.4 is 10.6 Å². The summed E-state index contributed by atoms with van der Waals surface area (Å²) in [6.45, 7) is 2.50. The summed E-state index contributed by atoms with van der Waals surface area (Å²) in [5.41, 5.74) is 0. The van der Waals surface area contributed by atoms with Gasteiger partial charge in [0.15, 0.2) is 0 Å². The Labute approximate surface area is 87.5 Å². The first-order valence-electron chi connectivity index (χ1n) is 3.37. The number of thioether (sulfide) groups is 1. The third-order valence-electron chi connectivity index (χ3n) is 1.11. The Morgan fingerprint density at radius 1 is 1.75 bits per heavy atom. The van der Waals surface area contributed by atoms with Gasteiger partial charge in [0.25, 0.3) is 5.24 Å². The average Bonchev–Trinajstić information content (AvgIpc) is 2.00. The Morgan fingerprint density at radius 2 is 2.33 bits per heavy atom. The molecule has 0 saturated heterocycles. The van der Waals surface area contributed by atoms with Crippen molar-refractivity contribution in [2.24, 2.45) is 0 Å². The average molecular weight is 224 g/mol. The zero-order valence-corrected chi connectivity index (χ0v) is 9.48. The van der Waals surface area contributed by atoms with Crippen LogP contribution in [0.5, 0.6) is 0 Å². The zero-order chi connectivity index (χ0) is 9.56. The first-order chi connectivity index (χ1) is 5.56. The molecule has 0 aliphatic rings. The van der Waals surface area contributed by atoms with E-state index in [2.05, 4.69) is 23.3 Å². The number of hydrogen-bond acceptors (Lipinski definition) is 3. The summed E-state index contributed by atoms with van der Waals surface area (Å²) in [6.07, 6.45) is 1.73. The van der Waals surface area contributed by atoms with E-state index in [0.717, 1.165) is 11.8 Å². The second-order valence-electron chi connectivity index (χ2n) is 2.22. The molecule has 0 spiro atoms. The van der Waals surface area contributed by atoms with E-state index in [1.54, 1.807) is 6.26 Å².